The van der Waals surface area contributed by atoms with Crippen molar-refractivity contribution in [1.29, 1.82) is 0 Å². The Morgan fingerprint density at radius 1 is 0.889 bits per heavy atom. The molecule has 0 radical (unpaired) electrons. The van der Waals surface area contributed by atoms with E-state index in [-0.39, 0.29) is 12.2 Å². The standard InChI is InChI=1S/C17H32O2S.C6H15N/c1-3-4-5-6-7-8-9-10-11-12-13-15(2)19-17(20)16-14-18-16;1-4-7(5-2)6-3/h15-16H,3-14H2,1-2H3;4-6H2,1-3H3. The predicted molar refractivity (Wildman–Crippen MR) is 123 cm³/mol. The van der Waals surface area contributed by atoms with Crippen molar-refractivity contribution in [3.63, 3.8) is 0 Å². The molecule has 2 unspecified atom stereocenters. The van der Waals surface area contributed by atoms with Crippen molar-refractivity contribution in [3.05, 3.63) is 0 Å². The molecule has 1 fully saturated rings. The lowest BCUT2D eigenvalue weighted by Gasteiger charge is -2.13. The number of rotatable bonds is 16. The maximum Gasteiger partial charge on any atom is 0.191 e. The zero-order valence-electron chi connectivity index (χ0n) is 18.9. The number of epoxide rings is 1. The van der Waals surface area contributed by atoms with Crippen LogP contribution in [0.3, 0.4) is 0 Å². The first-order valence-corrected chi connectivity index (χ1v) is 12.0. The summed E-state index contributed by atoms with van der Waals surface area (Å²) in [5, 5.41) is 0.657. The Labute approximate surface area is 175 Å². The highest BCUT2D eigenvalue weighted by Gasteiger charge is 2.30. The molecule has 1 aliphatic rings. The van der Waals surface area contributed by atoms with Crippen molar-refractivity contribution in [3.8, 4) is 0 Å². The van der Waals surface area contributed by atoms with E-state index in [4.69, 9.17) is 21.7 Å². The molecule has 0 saturated carbocycles. The molecule has 1 saturated heterocycles. The summed E-state index contributed by atoms with van der Waals surface area (Å²) in [5.41, 5.74) is 0. The fourth-order valence-corrected chi connectivity index (χ4v) is 3.41. The van der Waals surface area contributed by atoms with E-state index >= 15 is 0 Å². The van der Waals surface area contributed by atoms with E-state index in [9.17, 15) is 0 Å². The summed E-state index contributed by atoms with van der Waals surface area (Å²) in [7, 11) is 0. The van der Waals surface area contributed by atoms with Crippen molar-refractivity contribution in [2.75, 3.05) is 26.2 Å². The van der Waals surface area contributed by atoms with Crippen LogP contribution in [0.1, 0.15) is 105 Å². The summed E-state index contributed by atoms with van der Waals surface area (Å²) in [6.45, 7) is 15.3. The maximum atomic E-state index is 5.66. The third kappa shape index (κ3) is 17.6. The van der Waals surface area contributed by atoms with Gasteiger partial charge < -0.3 is 14.4 Å². The summed E-state index contributed by atoms with van der Waals surface area (Å²) < 4.78 is 10.8. The highest BCUT2D eigenvalue weighted by Crippen LogP contribution is 2.16. The Hall–Kier alpha value is -0.190. The summed E-state index contributed by atoms with van der Waals surface area (Å²) in [5.74, 6) is 0. The van der Waals surface area contributed by atoms with Crippen LogP contribution in [0.4, 0.5) is 0 Å². The van der Waals surface area contributed by atoms with Gasteiger partial charge in [0, 0.05) is 0 Å². The molecule has 27 heavy (non-hydrogen) atoms. The number of ether oxygens (including phenoxy) is 2. The molecule has 4 heteroatoms. The lowest BCUT2D eigenvalue weighted by atomic mass is 10.0. The van der Waals surface area contributed by atoms with Gasteiger partial charge in [0.25, 0.3) is 0 Å². The molecule has 0 N–H and O–H groups in total. The Bertz CT molecular complexity index is 325. The second kappa shape index (κ2) is 19.1. The number of nitrogens with zero attached hydrogens (tertiary/aromatic N) is 1. The summed E-state index contributed by atoms with van der Waals surface area (Å²) in [6.07, 6.45) is 15.3. The van der Waals surface area contributed by atoms with Crippen LogP contribution >= 0.6 is 12.2 Å². The van der Waals surface area contributed by atoms with Crippen LogP contribution in [0.25, 0.3) is 0 Å². The first-order chi connectivity index (χ1) is 13.1. The molecular formula is C23H47NO2S. The van der Waals surface area contributed by atoms with E-state index in [2.05, 4.69) is 39.5 Å². The fraction of sp³-hybridized carbons (Fsp3) is 0.957. The number of unbranched alkanes of at least 4 members (excludes halogenated alkanes) is 9. The first kappa shape index (κ1) is 26.8. The number of hydrogen-bond acceptors (Lipinski definition) is 4. The molecule has 162 valence electrons. The third-order valence-corrected chi connectivity index (χ3v) is 5.58. The maximum absolute atomic E-state index is 5.66. The van der Waals surface area contributed by atoms with Gasteiger partial charge in [0.2, 0.25) is 0 Å². The van der Waals surface area contributed by atoms with Crippen LogP contribution in [-0.4, -0.2) is 48.4 Å². The highest BCUT2D eigenvalue weighted by atomic mass is 32.1. The van der Waals surface area contributed by atoms with E-state index in [1.807, 2.05) is 0 Å². The summed E-state index contributed by atoms with van der Waals surface area (Å²) in [6, 6.07) is 0. The Morgan fingerprint density at radius 3 is 1.70 bits per heavy atom. The van der Waals surface area contributed by atoms with Crippen molar-refractivity contribution in [2.45, 2.75) is 117 Å². The third-order valence-electron chi connectivity index (χ3n) is 5.22. The molecule has 1 rings (SSSR count). The van der Waals surface area contributed by atoms with Crippen LogP contribution in [0, 0.1) is 0 Å². The monoisotopic (exact) mass is 401 g/mol. The number of hydrogen-bond donors (Lipinski definition) is 0. The molecule has 1 aliphatic heterocycles. The molecule has 0 aromatic rings. The highest BCUT2D eigenvalue weighted by molar-refractivity contribution is 7.80. The van der Waals surface area contributed by atoms with Crippen LogP contribution < -0.4 is 0 Å². The van der Waals surface area contributed by atoms with Gasteiger partial charge in [-0.3, -0.25) is 0 Å². The molecule has 0 aliphatic carbocycles. The molecule has 0 bridgehead atoms. The average molecular weight is 402 g/mol. The molecule has 0 amide bonds. The molecule has 3 nitrogen and oxygen atoms in total. The van der Waals surface area contributed by atoms with Gasteiger partial charge in [-0.25, -0.2) is 0 Å². The average Bonchev–Trinajstić information content (AvgIpc) is 3.50. The molecular weight excluding hydrogens is 354 g/mol. The van der Waals surface area contributed by atoms with Gasteiger partial charge in [0.05, 0.1) is 12.7 Å². The van der Waals surface area contributed by atoms with E-state index in [1.165, 1.54) is 83.8 Å². The second-order valence-electron chi connectivity index (χ2n) is 7.66. The van der Waals surface area contributed by atoms with Crippen LogP contribution in [0.2, 0.25) is 0 Å². The normalized spacial score (nSPS) is 16.6. The smallest absolute Gasteiger partial charge is 0.191 e. The minimum absolute atomic E-state index is 0.111. The fourth-order valence-electron chi connectivity index (χ4n) is 3.11. The van der Waals surface area contributed by atoms with Gasteiger partial charge in [-0.1, -0.05) is 85.5 Å². The number of thiocarbonyl (C=S) groups is 1. The Kier molecular flexibility index (Phi) is 19.0. The van der Waals surface area contributed by atoms with Crippen molar-refractivity contribution >= 4 is 17.3 Å². The summed E-state index contributed by atoms with van der Waals surface area (Å²) >= 11 is 5.15. The van der Waals surface area contributed by atoms with Crippen LogP contribution in [0.15, 0.2) is 0 Å². The zero-order valence-corrected chi connectivity index (χ0v) is 19.7. The van der Waals surface area contributed by atoms with Crippen molar-refractivity contribution in [1.82, 2.24) is 4.90 Å². The van der Waals surface area contributed by atoms with Gasteiger partial charge in [-0.15, -0.1) is 0 Å². The largest absolute Gasteiger partial charge is 0.481 e. The van der Waals surface area contributed by atoms with Crippen molar-refractivity contribution < 1.29 is 9.47 Å². The predicted octanol–water partition coefficient (Wildman–Crippen LogP) is 6.78. The van der Waals surface area contributed by atoms with E-state index in [1.54, 1.807) is 0 Å². The van der Waals surface area contributed by atoms with Gasteiger partial charge >= 0.3 is 0 Å². The Balaban J connectivity index is 0.000000821. The van der Waals surface area contributed by atoms with Crippen LogP contribution in [-0.2, 0) is 9.47 Å². The van der Waals surface area contributed by atoms with Gasteiger partial charge in [0.15, 0.2) is 5.05 Å². The van der Waals surface area contributed by atoms with E-state index in [0.29, 0.717) is 5.05 Å². The van der Waals surface area contributed by atoms with Crippen LogP contribution in [0.5, 0.6) is 0 Å². The van der Waals surface area contributed by atoms with E-state index in [0.717, 1.165) is 13.0 Å². The lowest BCUT2D eigenvalue weighted by Crippen LogP contribution is -2.21. The minimum Gasteiger partial charge on any atom is -0.481 e. The summed E-state index contributed by atoms with van der Waals surface area (Å²) in [4.78, 5) is 2.38. The van der Waals surface area contributed by atoms with Gasteiger partial charge in [-0.05, 0) is 51.6 Å². The van der Waals surface area contributed by atoms with Gasteiger partial charge in [-0.2, -0.15) is 0 Å². The molecule has 1 heterocycles. The zero-order chi connectivity index (χ0) is 20.3. The lowest BCUT2D eigenvalue weighted by molar-refractivity contribution is 0.188. The molecule has 0 aromatic heterocycles. The first-order valence-electron chi connectivity index (χ1n) is 11.6. The molecule has 0 aromatic carbocycles. The van der Waals surface area contributed by atoms with Crippen molar-refractivity contribution in [2.24, 2.45) is 0 Å². The Morgan fingerprint density at radius 2 is 1.33 bits per heavy atom. The SMILES string of the molecule is CCCCCCCCCCCCC(C)OC(=S)C1CO1.CCN(CC)CC. The quantitative estimate of drug-likeness (QED) is 0.162. The topological polar surface area (TPSA) is 25.0 Å². The van der Waals surface area contributed by atoms with E-state index < -0.39 is 0 Å². The minimum atomic E-state index is 0.111. The second-order valence-corrected chi connectivity index (χ2v) is 8.06. The van der Waals surface area contributed by atoms with Gasteiger partial charge in [0.1, 0.15) is 6.10 Å². The molecule has 2 atom stereocenters. The molecule has 0 spiro atoms.